The number of benzene rings is 1. The third kappa shape index (κ3) is 7.10. The summed E-state index contributed by atoms with van der Waals surface area (Å²) < 4.78 is 21.3. The van der Waals surface area contributed by atoms with E-state index in [-0.39, 0.29) is 5.60 Å². The predicted molar refractivity (Wildman–Crippen MR) is 105 cm³/mol. The Hall–Kier alpha value is -2.27. The number of esters is 1. The van der Waals surface area contributed by atoms with Crippen LogP contribution in [-0.2, 0) is 25.4 Å². The number of methoxy groups -OCH3 is 2. The van der Waals surface area contributed by atoms with Crippen molar-refractivity contribution in [3.8, 4) is 5.75 Å². The molecule has 1 aromatic rings. The Balaban J connectivity index is 1.88. The van der Waals surface area contributed by atoms with Crippen molar-refractivity contribution in [3.05, 3.63) is 53.3 Å². The minimum Gasteiger partial charge on any atom is -0.497 e. The Kier molecular flexibility index (Phi) is 7.48. The summed E-state index contributed by atoms with van der Waals surface area (Å²) in [7, 11) is 2.99. The van der Waals surface area contributed by atoms with E-state index >= 15 is 0 Å². The quantitative estimate of drug-likeness (QED) is 0.202. The summed E-state index contributed by atoms with van der Waals surface area (Å²) in [5, 5.41) is 0. The molecule has 1 fully saturated rings. The van der Waals surface area contributed by atoms with Gasteiger partial charge in [0.25, 0.3) is 0 Å². The fourth-order valence-electron chi connectivity index (χ4n) is 2.77. The van der Waals surface area contributed by atoms with Crippen molar-refractivity contribution in [2.45, 2.75) is 51.7 Å². The number of rotatable bonds is 10. The average Bonchev–Trinajstić information content (AvgIpc) is 3.27. The number of carbonyl (C=O) groups is 1. The van der Waals surface area contributed by atoms with E-state index in [1.807, 2.05) is 24.3 Å². The first kappa shape index (κ1) is 21.0. The Morgan fingerprint density at radius 3 is 2.44 bits per heavy atom. The lowest BCUT2D eigenvalue weighted by atomic mass is 10.0. The summed E-state index contributed by atoms with van der Waals surface area (Å²) in [5.74, 6) is 0.939. The molecule has 148 valence electrons. The summed E-state index contributed by atoms with van der Waals surface area (Å²) in [6.07, 6.45) is 6.31. The van der Waals surface area contributed by atoms with Crippen LogP contribution in [0.15, 0.2) is 47.7 Å². The minimum absolute atomic E-state index is 0.0333. The zero-order valence-corrected chi connectivity index (χ0v) is 16.9. The van der Waals surface area contributed by atoms with Crippen molar-refractivity contribution in [3.63, 3.8) is 0 Å². The van der Waals surface area contributed by atoms with E-state index in [1.54, 1.807) is 7.11 Å². The van der Waals surface area contributed by atoms with Crippen molar-refractivity contribution in [2.75, 3.05) is 20.8 Å². The maximum absolute atomic E-state index is 11.6. The van der Waals surface area contributed by atoms with E-state index in [1.165, 1.54) is 18.8 Å². The molecule has 0 bridgehead atoms. The summed E-state index contributed by atoms with van der Waals surface area (Å²) in [5.41, 5.74) is 2.31. The van der Waals surface area contributed by atoms with Gasteiger partial charge in [-0.25, -0.2) is 4.79 Å². The molecule has 0 aliphatic carbocycles. The molecular formula is C22H30O5. The molecule has 2 rings (SSSR count). The first-order valence-electron chi connectivity index (χ1n) is 9.21. The van der Waals surface area contributed by atoms with Crippen LogP contribution in [0.4, 0.5) is 0 Å². The van der Waals surface area contributed by atoms with Crippen molar-refractivity contribution >= 4 is 5.97 Å². The zero-order valence-electron chi connectivity index (χ0n) is 16.9. The molecule has 0 unspecified atom stereocenters. The molecule has 1 atom stereocenters. The third-order valence-electron chi connectivity index (χ3n) is 4.68. The van der Waals surface area contributed by atoms with Gasteiger partial charge < -0.3 is 18.9 Å². The lowest BCUT2D eigenvalue weighted by Crippen LogP contribution is -2.04. The molecule has 1 aliphatic rings. The van der Waals surface area contributed by atoms with Crippen molar-refractivity contribution in [1.82, 2.24) is 0 Å². The maximum atomic E-state index is 11.6. The second kappa shape index (κ2) is 9.60. The molecule has 0 aromatic heterocycles. The molecule has 0 amide bonds. The first-order valence-corrected chi connectivity index (χ1v) is 9.21. The average molecular weight is 374 g/mol. The molecule has 5 nitrogen and oxygen atoms in total. The fraction of sp³-hybridized carbons (Fsp3) is 0.500. The van der Waals surface area contributed by atoms with Gasteiger partial charge in [0, 0.05) is 6.42 Å². The molecule has 1 aromatic carbocycles. The predicted octanol–water partition coefficient (Wildman–Crippen LogP) is 4.22. The monoisotopic (exact) mass is 374 g/mol. The van der Waals surface area contributed by atoms with E-state index in [2.05, 4.69) is 26.8 Å². The SMILES string of the molecule is COC(=O)/C=C(\Cc1ccc(OC)cc1)OC/C=C(\C)CC[C@H]1OC1(C)C. The van der Waals surface area contributed by atoms with Crippen LogP contribution in [0.1, 0.15) is 39.2 Å². The van der Waals surface area contributed by atoms with Crippen LogP contribution in [-0.4, -0.2) is 38.5 Å². The Morgan fingerprint density at radius 2 is 1.89 bits per heavy atom. The smallest absolute Gasteiger partial charge is 0.333 e. The van der Waals surface area contributed by atoms with Gasteiger partial charge in [-0.3, -0.25) is 0 Å². The third-order valence-corrected chi connectivity index (χ3v) is 4.68. The molecule has 1 heterocycles. The van der Waals surface area contributed by atoms with Gasteiger partial charge in [-0.05, 0) is 57.4 Å². The molecule has 5 heteroatoms. The van der Waals surface area contributed by atoms with Gasteiger partial charge in [-0.15, -0.1) is 0 Å². The van der Waals surface area contributed by atoms with Gasteiger partial charge in [0.2, 0.25) is 0 Å². The highest BCUT2D eigenvalue weighted by atomic mass is 16.6. The van der Waals surface area contributed by atoms with E-state index < -0.39 is 5.97 Å². The Morgan fingerprint density at radius 1 is 1.22 bits per heavy atom. The lowest BCUT2D eigenvalue weighted by Gasteiger charge is -2.10. The van der Waals surface area contributed by atoms with E-state index in [0.717, 1.165) is 24.2 Å². The number of epoxide rings is 1. The van der Waals surface area contributed by atoms with Crippen LogP contribution in [0.25, 0.3) is 0 Å². The number of carbonyl (C=O) groups excluding carboxylic acids is 1. The molecule has 0 N–H and O–H groups in total. The molecule has 0 spiro atoms. The summed E-state index contributed by atoms with van der Waals surface area (Å²) in [4.78, 5) is 11.6. The molecule has 27 heavy (non-hydrogen) atoms. The Bertz CT molecular complexity index is 685. The van der Waals surface area contributed by atoms with Crippen LogP contribution >= 0.6 is 0 Å². The first-order chi connectivity index (χ1) is 12.8. The van der Waals surface area contributed by atoms with Crippen LogP contribution in [0, 0.1) is 0 Å². The largest absolute Gasteiger partial charge is 0.497 e. The van der Waals surface area contributed by atoms with Crippen LogP contribution in [0.5, 0.6) is 5.75 Å². The van der Waals surface area contributed by atoms with Gasteiger partial charge in [-0.1, -0.05) is 17.7 Å². The van der Waals surface area contributed by atoms with E-state index in [9.17, 15) is 4.79 Å². The van der Waals surface area contributed by atoms with Crippen LogP contribution in [0.3, 0.4) is 0 Å². The molecule has 1 saturated heterocycles. The van der Waals surface area contributed by atoms with Gasteiger partial charge in [0.05, 0.1) is 32.0 Å². The van der Waals surface area contributed by atoms with Gasteiger partial charge in [0.15, 0.2) is 0 Å². The van der Waals surface area contributed by atoms with Crippen molar-refractivity contribution < 1.29 is 23.7 Å². The zero-order chi connectivity index (χ0) is 19.9. The summed E-state index contributed by atoms with van der Waals surface area (Å²) in [6, 6.07) is 7.67. The van der Waals surface area contributed by atoms with Crippen molar-refractivity contribution in [2.24, 2.45) is 0 Å². The number of hydrogen-bond acceptors (Lipinski definition) is 5. The molecular weight excluding hydrogens is 344 g/mol. The van der Waals surface area contributed by atoms with Crippen molar-refractivity contribution in [1.29, 1.82) is 0 Å². The highest BCUT2D eigenvalue weighted by Gasteiger charge is 2.46. The van der Waals surface area contributed by atoms with Gasteiger partial charge in [0.1, 0.15) is 18.1 Å². The van der Waals surface area contributed by atoms with Crippen LogP contribution < -0.4 is 4.74 Å². The topological polar surface area (TPSA) is 57.3 Å². The summed E-state index contributed by atoms with van der Waals surface area (Å²) >= 11 is 0. The second-order valence-electron chi connectivity index (χ2n) is 7.27. The molecule has 1 aliphatic heterocycles. The highest BCUT2D eigenvalue weighted by molar-refractivity contribution is 5.82. The van der Waals surface area contributed by atoms with Gasteiger partial charge >= 0.3 is 5.97 Å². The normalized spacial score (nSPS) is 18.8. The number of hydrogen-bond donors (Lipinski definition) is 0. The fourth-order valence-corrected chi connectivity index (χ4v) is 2.77. The van der Waals surface area contributed by atoms with E-state index in [0.29, 0.717) is 24.9 Å². The highest BCUT2D eigenvalue weighted by Crippen LogP contribution is 2.38. The number of allylic oxidation sites excluding steroid dienone is 2. The van der Waals surface area contributed by atoms with E-state index in [4.69, 9.17) is 18.9 Å². The second-order valence-corrected chi connectivity index (χ2v) is 7.27. The molecule has 0 radical (unpaired) electrons. The minimum atomic E-state index is -0.424. The number of ether oxygens (including phenoxy) is 4. The standard InChI is InChI=1S/C22H30O5/c1-16(6-11-20-22(2,3)27-20)12-13-26-19(15-21(23)25-5)14-17-7-9-18(24-4)10-8-17/h7-10,12,15,20H,6,11,13-14H2,1-5H3/b16-12+,19-15+/t20-/m1/s1. The molecule has 0 saturated carbocycles. The maximum Gasteiger partial charge on any atom is 0.333 e. The lowest BCUT2D eigenvalue weighted by molar-refractivity contribution is -0.135. The van der Waals surface area contributed by atoms with Gasteiger partial charge in [-0.2, -0.15) is 0 Å². The summed E-state index contributed by atoms with van der Waals surface area (Å²) in [6.45, 7) is 6.73. The Labute approximate surface area is 162 Å². The van der Waals surface area contributed by atoms with Crippen LogP contribution in [0.2, 0.25) is 0 Å².